The minimum absolute atomic E-state index is 0.0935. The van der Waals surface area contributed by atoms with E-state index in [1.807, 2.05) is 26.0 Å². The molecule has 0 saturated carbocycles. The normalized spacial score (nSPS) is 12.2. The van der Waals surface area contributed by atoms with Crippen molar-refractivity contribution in [3.05, 3.63) is 29.6 Å². The van der Waals surface area contributed by atoms with Crippen LogP contribution in [0.1, 0.15) is 24.6 Å². The molecular formula is C11H13ClN2O2S. The average Bonchev–Trinajstić information content (AvgIpc) is 2.54. The smallest absolute Gasteiger partial charge is 0.279 e. The molecule has 2 aromatic heterocycles. The van der Waals surface area contributed by atoms with E-state index in [0.29, 0.717) is 17.8 Å². The number of rotatable bonds is 3. The molecule has 4 nitrogen and oxygen atoms in total. The summed E-state index contributed by atoms with van der Waals surface area (Å²) in [6.45, 7) is 3.91. The maximum atomic E-state index is 11.6. The molecule has 92 valence electrons. The molecule has 0 unspecified atom stereocenters. The first-order chi connectivity index (χ1) is 7.93. The highest BCUT2D eigenvalue weighted by Crippen LogP contribution is 2.23. The van der Waals surface area contributed by atoms with E-state index in [4.69, 9.17) is 10.7 Å². The molecule has 0 N–H and O–H groups in total. The van der Waals surface area contributed by atoms with Gasteiger partial charge in [0, 0.05) is 16.9 Å². The molecule has 0 amide bonds. The summed E-state index contributed by atoms with van der Waals surface area (Å²) in [5.74, 6) is 0. The summed E-state index contributed by atoms with van der Waals surface area (Å²) in [5, 5.41) is 0.0935. The van der Waals surface area contributed by atoms with Crippen molar-refractivity contribution in [3.63, 3.8) is 0 Å². The van der Waals surface area contributed by atoms with Crippen molar-refractivity contribution in [2.45, 2.75) is 31.7 Å². The lowest BCUT2D eigenvalue weighted by Gasteiger charge is -2.00. The van der Waals surface area contributed by atoms with Crippen LogP contribution in [-0.2, 0) is 15.5 Å². The second-order valence-corrected chi connectivity index (χ2v) is 6.47. The van der Waals surface area contributed by atoms with Crippen molar-refractivity contribution in [3.8, 4) is 0 Å². The summed E-state index contributed by atoms with van der Waals surface area (Å²) >= 11 is 0. The monoisotopic (exact) mass is 272 g/mol. The number of imidazole rings is 1. The van der Waals surface area contributed by atoms with Crippen molar-refractivity contribution in [2.75, 3.05) is 0 Å². The predicted octanol–water partition coefficient (Wildman–Crippen LogP) is 2.52. The third-order valence-corrected chi connectivity index (χ3v) is 3.86. The second kappa shape index (κ2) is 4.31. The number of halogens is 1. The Kier molecular flexibility index (Phi) is 3.14. The molecule has 0 saturated heterocycles. The third kappa shape index (κ3) is 2.30. The lowest BCUT2D eigenvalue weighted by Crippen LogP contribution is -2.01. The van der Waals surface area contributed by atoms with Crippen LogP contribution in [0.15, 0.2) is 23.4 Å². The summed E-state index contributed by atoms with van der Waals surface area (Å²) in [6.07, 6.45) is 3.11. The van der Waals surface area contributed by atoms with Gasteiger partial charge in [0.05, 0.1) is 5.69 Å². The van der Waals surface area contributed by atoms with Crippen LogP contribution in [0, 0.1) is 6.92 Å². The fourth-order valence-electron chi connectivity index (χ4n) is 1.83. The van der Waals surface area contributed by atoms with Crippen LogP contribution in [0.3, 0.4) is 0 Å². The highest BCUT2D eigenvalue weighted by Gasteiger charge is 2.22. The van der Waals surface area contributed by atoms with Gasteiger partial charge >= 0.3 is 0 Å². The van der Waals surface area contributed by atoms with Crippen LogP contribution in [0.4, 0.5) is 0 Å². The molecule has 6 heteroatoms. The van der Waals surface area contributed by atoms with E-state index in [1.165, 1.54) is 4.40 Å². The SMILES string of the molecule is CCCc1nc2cc(C)ccn2c1S(=O)(=O)Cl. The summed E-state index contributed by atoms with van der Waals surface area (Å²) in [5.41, 5.74) is 2.19. The molecule has 0 aliphatic rings. The van der Waals surface area contributed by atoms with E-state index >= 15 is 0 Å². The third-order valence-electron chi connectivity index (χ3n) is 2.52. The summed E-state index contributed by atoms with van der Waals surface area (Å²) < 4.78 is 24.7. The Hall–Kier alpha value is -1.07. The van der Waals surface area contributed by atoms with Gasteiger partial charge in [-0.3, -0.25) is 4.40 Å². The maximum Gasteiger partial charge on any atom is 0.279 e. The van der Waals surface area contributed by atoms with Gasteiger partial charge in [0.2, 0.25) is 0 Å². The first-order valence-corrected chi connectivity index (χ1v) is 7.66. The molecule has 0 bridgehead atoms. The first-order valence-electron chi connectivity index (χ1n) is 5.35. The molecule has 2 heterocycles. The zero-order chi connectivity index (χ0) is 12.6. The fraction of sp³-hybridized carbons (Fsp3) is 0.364. The Morgan fingerprint density at radius 3 is 2.76 bits per heavy atom. The van der Waals surface area contributed by atoms with Crippen molar-refractivity contribution < 1.29 is 8.42 Å². The molecule has 0 spiro atoms. The predicted molar refractivity (Wildman–Crippen MR) is 67.0 cm³/mol. The van der Waals surface area contributed by atoms with Crippen molar-refractivity contribution in [2.24, 2.45) is 0 Å². The molecule has 0 aliphatic carbocycles. The quantitative estimate of drug-likeness (QED) is 0.807. The molecule has 0 aliphatic heterocycles. The van der Waals surface area contributed by atoms with Gasteiger partial charge in [-0.05, 0) is 31.0 Å². The summed E-state index contributed by atoms with van der Waals surface area (Å²) in [4.78, 5) is 4.33. The van der Waals surface area contributed by atoms with Crippen LogP contribution in [0.5, 0.6) is 0 Å². The molecule has 0 aromatic carbocycles. The number of nitrogens with zero attached hydrogens (tertiary/aromatic N) is 2. The number of hydrogen-bond donors (Lipinski definition) is 0. The van der Waals surface area contributed by atoms with Crippen LogP contribution in [0.2, 0.25) is 0 Å². The maximum absolute atomic E-state index is 11.6. The number of hydrogen-bond acceptors (Lipinski definition) is 3. The van der Waals surface area contributed by atoms with Crippen LogP contribution < -0.4 is 0 Å². The molecule has 2 aromatic rings. The molecule has 2 rings (SSSR count). The van der Waals surface area contributed by atoms with Gasteiger partial charge in [-0.2, -0.15) is 0 Å². The average molecular weight is 273 g/mol. The number of fused-ring (bicyclic) bond motifs is 1. The standard InChI is InChI=1S/C11H13ClN2O2S/c1-3-4-9-11(17(12,15)16)14-6-5-8(2)7-10(14)13-9/h5-7H,3-4H2,1-2H3. The zero-order valence-corrected chi connectivity index (χ0v) is 11.2. The van der Waals surface area contributed by atoms with Gasteiger partial charge in [-0.25, -0.2) is 13.4 Å². The van der Waals surface area contributed by atoms with Crippen LogP contribution in [-0.4, -0.2) is 17.8 Å². The molecule has 0 radical (unpaired) electrons. The van der Waals surface area contributed by atoms with Gasteiger partial charge in [0.1, 0.15) is 5.65 Å². The topological polar surface area (TPSA) is 51.4 Å². The van der Waals surface area contributed by atoms with E-state index in [9.17, 15) is 8.42 Å². The van der Waals surface area contributed by atoms with E-state index in [-0.39, 0.29) is 5.03 Å². The molecular weight excluding hydrogens is 260 g/mol. The summed E-state index contributed by atoms with van der Waals surface area (Å²) in [7, 11) is 1.69. The van der Waals surface area contributed by atoms with E-state index in [2.05, 4.69) is 4.98 Å². The van der Waals surface area contributed by atoms with E-state index in [1.54, 1.807) is 6.20 Å². The van der Waals surface area contributed by atoms with Crippen molar-refractivity contribution in [1.82, 2.24) is 9.38 Å². The Balaban J connectivity index is 2.81. The molecule has 0 fully saturated rings. The number of aromatic nitrogens is 2. The van der Waals surface area contributed by atoms with Gasteiger partial charge < -0.3 is 0 Å². The Bertz CT molecular complexity index is 661. The lowest BCUT2D eigenvalue weighted by atomic mass is 10.3. The Morgan fingerprint density at radius 1 is 1.47 bits per heavy atom. The highest BCUT2D eigenvalue weighted by molar-refractivity contribution is 8.13. The Labute approximate surface area is 105 Å². The van der Waals surface area contributed by atoms with Crippen molar-refractivity contribution in [1.29, 1.82) is 0 Å². The molecule has 0 atom stereocenters. The number of pyridine rings is 1. The number of aryl methyl sites for hydroxylation is 2. The zero-order valence-electron chi connectivity index (χ0n) is 9.64. The minimum Gasteiger partial charge on any atom is -0.289 e. The van der Waals surface area contributed by atoms with Gasteiger partial charge in [0.15, 0.2) is 5.03 Å². The van der Waals surface area contributed by atoms with Gasteiger partial charge in [0.25, 0.3) is 9.05 Å². The first kappa shape index (κ1) is 12.4. The van der Waals surface area contributed by atoms with Gasteiger partial charge in [-0.15, -0.1) is 0 Å². The molecule has 17 heavy (non-hydrogen) atoms. The largest absolute Gasteiger partial charge is 0.289 e. The van der Waals surface area contributed by atoms with E-state index < -0.39 is 9.05 Å². The second-order valence-electron chi connectivity index (χ2n) is 3.98. The Morgan fingerprint density at radius 2 is 2.18 bits per heavy atom. The minimum atomic E-state index is -3.78. The van der Waals surface area contributed by atoms with Gasteiger partial charge in [-0.1, -0.05) is 13.3 Å². The van der Waals surface area contributed by atoms with Crippen molar-refractivity contribution >= 4 is 25.4 Å². The van der Waals surface area contributed by atoms with Crippen LogP contribution in [0.25, 0.3) is 5.65 Å². The van der Waals surface area contributed by atoms with Crippen LogP contribution >= 0.6 is 10.7 Å². The summed E-state index contributed by atoms with van der Waals surface area (Å²) in [6, 6.07) is 3.67. The highest BCUT2D eigenvalue weighted by atomic mass is 35.7. The van der Waals surface area contributed by atoms with E-state index in [0.717, 1.165) is 12.0 Å². The lowest BCUT2D eigenvalue weighted by molar-refractivity contribution is 0.603. The fourth-order valence-corrected chi connectivity index (χ4v) is 3.14.